The number of ether oxygens (including phenoxy) is 1. The van der Waals surface area contributed by atoms with E-state index in [0.29, 0.717) is 6.42 Å². The van der Waals surface area contributed by atoms with Crippen LogP contribution in [0.1, 0.15) is 22.6 Å². The minimum Gasteiger partial charge on any atom is -0.496 e. The normalized spacial score (nSPS) is 11.2. The molecule has 0 fully saturated rings. The van der Waals surface area contributed by atoms with Crippen molar-refractivity contribution < 1.29 is 14.6 Å². The van der Waals surface area contributed by atoms with Crippen LogP contribution in [0.2, 0.25) is 0 Å². The fourth-order valence-electron chi connectivity index (χ4n) is 2.81. The van der Waals surface area contributed by atoms with Crippen molar-refractivity contribution in [3.05, 3.63) is 71.2 Å². The first-order chi connectivity index (χ1) is 11.6. The Balaban J connectivity index is 2.14. The maximum absolute atomic E-state index is 10.9. The van der Waals surface area contributed by atoms with Crippen LogP contribution in [0.25, 0.3) is 11.7 Å². The van der Waals surface area contributed by atoms with Crippen molar-refractivity contribution in [2.45, 2.75) is 13.3 Å². The third kappa shape index (κ3) is 3.01. The van der Waals surface area contributed by atoms with Gasteiger partial charge in [-0.1, -0.05) is 24.3 Å². The van der Waals surface area contributed by atoms with Crippen molar-refractivity contribution in [1.82, 2.24) is 9.38 Å². The Morgan fingerprint density at radius 1 is 1.25 bits per heavy atom. The van der Waals surface area contributed by atoms with E-state index in [1.807, 2.05) is 53.8 Å². The number of methoxy groups -OCH3 is 1. The zero-order valence-corrected chi connectivity index (χ0v) is 13.6. The summed E-state index contributed by atoms with van der Waals surface area (Å²) in [6.07, 6.45) is 3.30. The van der Waals surface area contributed by atoms with Crippen molar-refractivity contribution in [3.8, 4) is 5.75 Å². The number of aliphatic carboxylic acids is 1. The minimum absolute atomic E-state index is 0.560. The minimum atomic E-state index is -0.984. The van der Waals surface area contributed by atoms with Gasteiger partial charge in [-0.25, -0.2) is 9.78 Å². The number of carboxylic acid groups (broad SMARTS) is 1. The lowest BCUT2D eigenvalue weighted by molar-refractivity contribution is -0.131. The summed E-state index contributed by atoms with van der Waals surface area (Å²) in [5, 5.41) is 8.98. The summed E-state index contributed by atoms with van der Waals surface area (Å²) in [5.74, 6) is -0.193. The number of hydrogen-bond acceptors (Lipinski definition) is 3. The van der Waals surface area contributed by atoms with Gasteiger partial charge >= 0.3 is 5.97 Å². The van der Waals surface area contributed by atoms with Crippen LogP contribution in [0.3, 0.4) is 0 Å². The van der Waals surface area contributed by atoms with Crippen LogP contribution in [0.5, 0.6) is 5.75 Å². The van der Waals surface area contributed by atoms with Gasteiger partial charge in [0.05, 0.1) is 18.5 Å². The molecule has 122 valence electrons. The van der Waals surface area contributed by atoms with Crippen LogP contribution in [-0.4, -0.2) is 27.6 Å². The molecule has 5 nitrogen and oxygen atoms in total. The highest BCUT2D eigenvalue weighted by Gasteiger charge is 2.14. The van der Waals surface area contributed by atoms with Crippen LogP contribution in [-0.2, 0) is 11.2 Å². The Morgan fingerprint density at radius 2 is 2.04 bits per heavy atom. The fraction of sp³-hybridized carbons (Fsp3) is 0.158. The summed E-state index contributed by atoms with van der Waals surface area (Å²) < 4.78 is 7.37. The van der Waals surface area contributed by atoms with Crippen molar-refractivity contribution in [2.24, 2.45) is 0 Å². The van der Waals surface area contributed by atoms with Crippen LogP contribution >= 0.6 is 0 Å². The van der Waals surface area contributed by atoms with Crippen molar-refractivity contribution in [1.29, 1.82) is 0 Å². The molecule has 24 heavy (non-hydrogen) atoms. The van der Waals surface area contributed by atoms with Crippen molar-refractivity contribution in [2.75, 3.05) is 7.11 Å². The molecule has 3 aromatic rings. The Morgan fingerprint density at radius 3 is 2.79 bits per heavy atom. The van der Waals surface area contributed by atoms with E-state index in [2.05, 4.69) is 4.98 Å². The molecule has 0 saturated carbocycles. The highest BCUT2D eigenvalue weighted by Crippen LogP contribution is 2.24. The number of rotatable bonds is 5. The van der Waals surface area contributed by atoms with E-state index < -0.39 is 5.97 Å². The van der Waals surface area contributed by atoms with Crippen LogP contribution < -0.4 is 4.74 Å². The van der Waals surface area contributed by atoms with Gasteiger partial charge < -0.3 is 9.84 Å². The van der Waals surface area contributed by atoms with Crippen LogP contribution in [0, 0.1) is 6.92 Å². The second kappa shape index (κ2) is 6.58. The molecule has 1 aromatic carbocycles. The van der Waals surface area contributed by atoms with Gasteiger partial charge in [0.2, 0.25) is 0 Å². The lowest BCUT2D eigenvalue weighted by atomic mass is 10.1. The van der Waals surface area contributed by atoms with Gasteiger partial charge in [-0.15, -0.1) is 0 Å². The van der Waals surface area contributed by atoms with Gasteiger partial charge in [0, 0.05) is 23.8 Å². The fourth-order valence-corrected chi connectivity index (χ4v) is 2.81. The first-order valence-corrected chi connectivity index (χ1v) is 7.60. The summed E-state index contributed by atoms with van der Waals surface area (Å²) in [6, 6.07) is 13.6. The third-order valence-corrected chi connectivity index (χ3v) is 3.88. The third-order valence-electron chi connectivity index (χ3n) is 3.88. The second-order valence-corrected chi connectivity index (χ2v) is 5.46. The topological polar surface area (TPSA) is 63.8 Å². The molecule has 0 radical (unpaired) electrons. The largest absolute Gasteiger partial charge is 0.496 e. The highest BCUT2D eigenvalue weighted by molar-refractivity contribution is 5.85. The lowest BCUT2D eigenvalue weighted by Crippen LogP contribution is -1.98. The predicted octanol–water partition coefficient (Wildman–Crippen LogP) is 3.34. The average Bonchev–Trinajstić information content (AvgIpc) is 2.92. The molecule has 5 heteroatoms. The first-order valence-electron chi connectivity index (χ1n) is 7.60. The Bertz CT molecular complexity index is 926. The summed E-state index contributed by atoms with van der Waals surface area (Å²) in [5.41, 5.74) is 4.38. The molecule has 2 heterocycles. The predicted molar refractivity (Wildman–Crippen MR) is 92.4 cm³/mol. The molecule has 0 aliphatic carbocycles. The quantitative estimate of drug-likeness (QED) is 0.732. The molecule has 0 amide bonds. The number of imidazole rings is 1. The molecular formula is C19H18N2O3. The van der Waals surface area contributed by atoms with Gasteiger partial charge in [0.25, 0.3) is 0 Å². The molecular weight excluding hydrogens is 304 g/mol. The molecule has 0 saturated heterocycles. The van der Waals surface area contributed by atoms with Gasteiger partial charge in [-0.05, 0) is 31.2 Å². The second-order valence-electron chi connectivity index (χ2n) is 5.46. The highest BCUT2D eigenvalue weighted by atomic mass is 16.5. The Hall–Kier alpha value is -3.08. The molecule has 0 atom stereocenters. The number of pyridine rings is 1. The molecule has 0 unspecified atom stereocenters. The van der Waals surface area contributed by atoms with E-state index in [1.54, 1.807) is 13.2 Å². The van der Waals surface area contributed by atoms with E-state index in [4.69, 9.17) is 9.84 Å². The first kappa shape index (κ1) is 15.8. The van der Waals surface area contributed by atoms with Gasteiger partial charge in [0.15, 0.2) is 0 Å². The number of aryl methyl sites for hydroxylation is 1. The summed E-state index contributed by atoms with van der Waals surface area (Å²) in [7, 11) is 1.64. The van der Waals surface area contributed by atoms with Crippen molar-refractivity contribution >= 4 is 17.7 Å². The maximum Gasteiger partial charge on any atom is 0.328 e. The number of carbonyl (C=O) groups is 1. The van der Waals surface area contributed by atoms with Gasteiger partial charge in [-0.3, -0.25) is 4.40 Å². The van der Waals surface area contributed by atoms with Gasteiger partial charge in [0.1, 0.15) is 11.4 Å². The number of nitrogens with zero attached hydrogens (tertiary/aromatic N) is 2. The summed E-state index contributed by atoms with van der Waals surface area (Å²) in [6.45, 7) is 1.97. The lowest BCUT2D eigenvalue weighted by Gasteiger charge is -2.07. The molecule has 1 N–H and O–H groups in total. The molecule has 2 aromatic heterocycles. The molecule has 0 bridgehead atoms. The zero-order chi connectivity index (χ0) is 17.1. The Labute approximate surface area is 139 Å². The van der Waals surface area contributed by atoms with Crippen molar-refractivity contribution in [3.63, 3.8) is 0 Å². The molecule has 0 aliphatic heterocycles. The number of benzene rings is 1. The molecule has 0 aliphatic rings. The number of carboxylic acids is 1. The van der Waals surface area contributed by atoms with E-state index >= 15 is 0 Å². The monoisotopic (exact) mass is 322 g/mol. The summed E-state index contributed by atoms with van der Waals surface area (Å²) in [4.78, 5) is 15.6. The maximum atomic E-state index is 10.9. The Kier molecular flexibility index (Phi) is 4.33. The standard InChI is InChI=1S/C19H18N2O3/c1-13-6-5-9-18-20-15(16(21(13)18)10-11-19(22)23)12-14-7-3-4-8-17(14)24-2/h3-11H,12H2,1-2H3,(H,22,23)/b11-10+. The van der Waals surface area contributed by atoms with Gasteiger partial charge in [-0.2, -0.15) is 0 Å². The smallest absolute Gasteiger partial charge is 0.328 e. The number of hydrogen-bond donors (Lipinski definition) is 1. The average molecular weight is 322 g/mol. The van der Waals surface area contributed by atoms with E-state index in [-0.39, 0.29) is 0 Å². The van der Waals surface area contributed by atoms with E-state index in [0.717, 1.165) is 40.1 Å². The van der Waals surface area contributed by atoms with E-state index in [1.165, 1.54) is 0 Å². The molecule has 0 spiro atoms. The number of aromatic nitrogens is 2. The SMILES string of the molecule is COc1ccccc1Cc1nc2cccc(C)n2c1/C=C/C(=O)O. The zero-order valence-electron chi connectivity index (χ0n) is 13.6. The number of para-hydroxylation sites is 1. The molecule has 3 rings (SSSR count). The van der Waals surface area contributed by atoms with Crippen LogP contribution in [0.4, 0.5) is 0 Å². The van der Waals surface area contributed by atoms with Crippen LogP contribution in [0.15, 0.2) is 48.5 Å². The van der Waals surface area contributed by atoms with E-state index in [9.17, 15) is 4.79 Å². The summed E-state index contributed by atoms with van der Waals surface area (Å²) >= 11 is 0. The number of fused-ring (bicyclic) bond motifs is 1.